The van der Waals surface area contributed by atoms with E-state index in [1.165, 1.54) is 0 Å². The Hall–Kier alpha value is 0.977. The molecule has 3 atom stereocenters. The van der Waals surface area contributed by atoms with E-state index in [0.717, 1.165) is 0 Å². The van der Waals surface area contributed by atoms with E-state index in [1.807, 2.05) is 0 Å². The Labute approximate surface area is 155 Å². The van der Waals surface area contributed by atoms with Crippen molar-refractivity contribution in [3.05, 3.63) is 0 Å². The van der Waals surface area contributed by atoms with Crippen molar-refractivity contribution in [3.8, 4) is 0 Å². The summed E-state index contributed by atoms with van der Waals surface area (Å²) in [4.78, 5) is 47.8. The summed E-state index contributed by atoms with van der Waals surface area (Å²) in [6.07, 6.45) is -5.22. The first-order valence-corrected chi connectivity index (χ1v) is 7.71. The number of aliphatic hydroxyl groups is 5. The average Bonchev–Trinajstić information content (AvgIpc) is 2.31. The molecule has 3 unspecified atom stereocenters. The van der Waals surface area contributed by atoms with Crippen LogP contribution in [0.15, 0.2) is 0 Å². The molecule has 13 nitrogen and oxygen atoms in total. The number of ketones is 1. The maximum Gasteiger partial charge on any atom is 2.00 e. The van der Waals surface area contributed by atoms with E-state index in [-0.39, 0.29) is 39.0 Å². The molecule has 0 aromatic carbocycles. The molecule has 23 heavy (non-hydrogen) atoms. The Kier molecular flexibility index (Phi) is 19.6. The number of hydrogen-bond acceptors (Lipinski definition) is 13. The molecule has 17 heteroatoms. The summed E-state index contributed by atoms with van der Waals surface area (Å²) >= 11 is 0. The third-order valence-corrected chi connectivity index (χ3v) is 3.19. The second kappa shape index (κ2) is 14.2. The molecule has 0 aliphatic carbocycles. The van der Waals surface area contributed by atoms with Crippen LogP contribution < -0.4 is 19.6 Å². The van der Waals surface area contributed by atoms with Crippen molar-refractivity contribution in [3.63, 3.8) is 0 Å². The average molecular weight is 485 g/mol. The molecular weight excluding hydrogens is 473 g/mol. The van der Waals surface area contributed by atoms with Crippen LogP contribution in [0.5, 0.6) is 0 Å². The van der Waals surface area contributed by atoms with E-state index in [9.17, 15) is 33.5 Å². The van der Waals surface area contributed by atoms with E-state index in [0.29, 0.717) is 0 Å². The van der Waals surface area contributed by atoms with Gasteiger partial charge in [-0.3, -0.25) is 4.79 Å². The van der Waals surface area contributed by atoms with E-state index >= 15 is 0 Å². The number of rotatable bonds is 7. The molecule has 0 saturated carbocycles. The van der Waals surface area contributed by atoms with Crippen LogP contribution in [0.4, 0.5) is 0 Å². The zero-order chi connectivity index (χ0) is 17.4. The van der Waals surface area contributed by atoms with Gasteiger partial charge >= 0.3 is 39.0 Å². The number of Topliss-reactive ketones (excluding diaryl/α,β-unsaturated/α-hetero) is 1. The summed E-state index contributed by atoms with van der Waals surface area (Å²) in [5, 5.41) is 43.1. The number of phosphoric acid groups is 2. The van der Waals surface area contributed by atoms with Gasteiger partial charge in [-0.25, -0.2) is 0 Å². The molecule has 0 bridgehead atoms. The fourth-order valence-electron chi connectivity index (χ4n) is 0.725. The Balaban J connectivity index is -0.000000149. The van der Waals surface area contributed by atoms with Crippen LogP contribution in [0.3, 0.4) is 0 Å². The third-order valence-electron chi connectivity index (χ3n) is 1.59. The smallest absolute Gasteiger partial charge is 0.790 e. The number of aliphatic hydroxyl groups excluding tert-OH is 5. The fourth-order valence-corrected chi connectivity index (χ4v) is 1.70. The molecule has 0 aromatic heterocycles. The van der Waals surface area contributed by atoms with Gasteiger partial charge in [-0.1, -0.05) is 0 Å². The van der Waals surface area contributed by atoms with Gasteiger partial charge in [0.05, 0.1) is 22.3 Å². The Bertz CT molecular complexity index is 387. The van der Waals surface area contributed by atoms with Gasteiger partial charge < -0.3 is 58.5 Å². The third kappa shape index (κ3) is 19.2. The predicted octanol–water partition coefficient (Wildman–Crippen LogP) is -6.72. The second-order valence-corrected chi connectivity index (χ2v) is 5.73. The minimum Gasteiger partial charge on any atom is -0.790 e. The number of carbonyl (C=O) groups excluding carboxylic acids is 1. The van der Waals surface area contributed by atoms with E-state index in [1.54, 1.807) is 0 Å². The molecule has 128 valence electrons. The second-order valence-electron chi connectivity index (χ2n) is 3.29. The zero-order valence-electron chi connectivity index (χ0n) is 11.5. The minimum absolute atomic E-state index is 0. The van der Waals surface area contributed by atoms with Crippen molar-refractivity contribution in [2.24, 2.45) is 0 Å². The van der Waals surface area contributed by atoms with Gasteiger partial charge in [-0.15, -0.1) is 0 Å². The van der Waals surface area contributed by atoms with Crippen LogP contribution >= 0.6 is 15.6 Å². The molecule has 0 aliphatic heterocycles. The molecule has 0 aromatic rings. The number of carbonyl (C=O) groups is 1. The molecule has 0 amide bonds. The molecule has 0 saturated heterocycles. The molecular formula is C6H12O13P2Zn2. The van der Waals surface area contributed by atoms with Crippen LogP contribution in [0.1, 0.15) is 0 Å². The van der Waals surface area contributed by atoms with Crippen molar-refractivity contribution in [2.75, 3.05) is 13.2 Å². The predicted molar refractivity (Wildman–Crippen MR) is 53.5 cm³/mol. The topological polar surface area (TPSA) is 254 Å². The normalized spacial score (nSPS) is 15.0. The summed E-state index contributed by atoms with van der Waals surface area (Å²) in [5.74, 6) is -1.00. The summed E-state index contributed by atoms with van der Waals surface area (Å²) in [5.41, 5.74) is 0. The first kappa shape index (κ1) is 31.7. The quantitative estimate of drug-likeness (QED) is 0.166. The van der Waals surface area contributed by atoms with Crippen molar-refractivity contribution in [2.45, 2.75) is 18.3 Å². The fraction of sp³-hybridized carbons (Fsp3) is 0.833. The number of hydrogen-bond donors (Lipinski definition) is 5. The van der Waals surface area contributed by atoms with Crippen molar-refractivity contribution < 1.29 is 102 Å². The van der Waals surface area contributed by atoms with Gasteiger partial charge in [0.1, 0.15) is 24.9 Å². The largest absolute Gasteiger partial charge is 2.00 e. The van der Waals surface area contributed by atoms with Crippen molar-refractivity contribution in [1.29, 1.82) is 0 Å². The summed E-state index contributed by atoms with van der Waals surface area (Å²) in [6.45, 7) is -1.69. The molecule has 0 heterocycles. The first-order valence-electron chi connectivity index (χ1n) is 4.79. The van der Waals surface area contributed by atoms with Gasteiger partial charge in [0.15, 0.2) is 5.78 Å². The van der Waals surface area contributed by atoms with Crippen molar-refractivity contribution >= 4 is 21.4 Å². The molecule has 0 fully saturated rings. The van der Waals surface area contributed by atoms with Gasteiger partial charge in [-0.2, -0.15) is 0 Å². The molecule has 0 spiro atoms. The standard InChI is InChI=1S/C6H12O6.H4O7P2.2Zn/c7-1-3(9)5(11)6(12)4(10)2-8;1-8(2,3)7-9(4,5)6;;/h3,5-9,11-12H,1-2H2;(H2,1,2,3)(H2,4,5,6);;/q;;2*+2/p-4. The van der Waals surface area contributed by atoms with Gasteiger partial charge in [0.2, 0.25) is 0 Å². The van der Waals surface area contributed by atoms with E-state index in [4.69, 9.17) is 25.5 Å². The Morgan fingerprint density at radius 1 is 0.957 bits per heavy atom. The molecule has 0 aliphatic rings. The van der Waals surface area contributed by atoms with Gasteiger partial charge in [0, 0.05) is 0 Å². The summed E-state index contributed by atoms with van der Waals surface area (Å²) < 4.78 is 21.2. The maximum absolute atomic E-state index is 10.5. The summed E-state index contributed by atoms with van der Waals surface area (Å²) in [7, 11) is -11.4. The van der Waals surface area contributed by atoms with Crippen LogP contribution in [0.25, 0.3) is 0 Å². The Morgan fingerprint density at radius 3 is 1.48 bits per heavy atom. The maximum atomic E-state index is 10.5. The molecule has 0 radical (unpaired) electrons. The van der Waals surface area contributed by atoms with E-state index in [2.05, 4.69) is 4.31 Å². The SMILES string of the molecule is O=C(CO)C(O)C(O)C(O)CO.O=P([O-])([O-])OP(=O)([O-])[O-].[Zn+2].[Zn+2]. The van der Waals surface area contributed by atoms with Crippen LogP contribution in [-0.2, 0) is 57.2 Å². The van der Waals surface area contributed by atoms with Crippen LogP contribution in [0.2, 0.25) is 0 Å². The van der Waals surface area contributed by atoms with Gasteiger partial charge in [-0.05, 0) is 0 Å². The minimum atomic E-state index is -5.68. The van der Waals surface area contributed by atoms with E-state index < -0.39 is 53.0 Å². The Morgan fingerprint density at radius 2 is 1.30 bits per heavy atom. The first-order chi connectivity index (χ1) is 9.25. The van der Waals surface area contributed by atoms with Crippen LogP contribution in [-0.4, -0.2) is 62.8 Å². The monoisotopic (exact) mass is 482 g/mol. The molecule has 0 rings (SSSR count). The van der Waals surface area contributed by atoms with Crippen LogP contribution in [0, 0.1) is 0 Å². The van der Waals surface area contributed by atoms with Gasteiger partial charge in [0.25, 0.3) is 0 Å². The molecule has 5 N–H and O–H groups in total. The summed E-state index contributed by atoms with van der Waals surface area (Å²) in [6, 6.07) is 0. The zero-order valence-corrected chi connectivity index (χ0v) is 19.2. The van der Waals surface area contributed by atoms with Crippen molar-refractivity contribution in [1.82, 2.24) is 0 Å².